The van der Waals surface area contributed by atoms with Crippen LogP contribution in [0.5, 0.6) is 5.75 Å². The minimum absolute atomic E-state index is 0.216. The first-order valence-corrected chi connectivity index (χ1v) is 7.99. The first-order chi connectivity index (χ1) is 9.47. The second-order valence-corrected chi connectivity index (χ2v) is 6.83. The zero-order valence-electron chi connectivity index (χ0n) is 13.3. The molecule has 0 amide bonds. The lowest BCUT2D eigenvalue weighted by Crippen LogP contribution is -2.35. The predicted octanol–water partition coefficient (Wildman–Crippen LogP) is 4.34. The molecule has 112 valence electrons. The first kappa shape index (κ1) is 15.4. The Balaban J connectivity index is 2.16. The minimum Gasteiger partial charge on any atom is -0.491 e. The van der Waals surface area contributed by atoms with Crippen LogP contribution in [0.15, 0.2) is 24.3 Å². The molecular weight excluding hydrogens is 246 g/mol. The van der Waals surface area contributed by atoms with Crippen molar-refractivity contribution in [2.45, 2.75) is 65.0 Å². The van der Waals surface area contributed by atoms with Gasteiger partial charge in [-0.15, -0.1) is 0 Å². The van der Waals surface area contributed by atoms with Crippen LogP contribution in [-0.2, 0) is 0 Å². The Bertz CT molecular complexity index is 427. The molecule has 0 spiro atoms. The summed E-state index contributed by atoms with van der Waals surface area (Å²) in [5.74, 6) is 3.00. The summed E-state index contributed by atoms with van der Waals surface area (Å²) < 4.78 is 5.81. The summed E-state index contributed by atoms with van der Waals surface area (Å²) in [4.78, 5) is 0. The van der Waals surface area contributed by atoms with E-state index in [-0.39, 0.29) is 6.10 Å². The van der Waals surface area contributed by atoms with Crippen LogP contribution in [0.25, 0.3) is 0 Å². The molecule has 1 fully saturated rings. The lowest BCUT2D eigenvalue weighted by atomic mass is 9.71. The topological polar surface area (TPSA) is 35.2 Å². The zero-order chi connectivity index (χ0) is 14.7. The molecule has 1 aromatic carbocycles. The van der Waals surface area contributed by atoms with E-state index in [1.54, 1.807) is 0 Å². The summed E-state index contributed by atoms with van der Waals surface area (Å²) in [5, 5.41) is 0. The van der Waals surface area contributed by atoms with Crippen LogP contribution in [0.1, 0.15) is 58.4 Å². The van der Waals surface area contributed by atoms with Crippen molar-refractivity contribution in [3.05, 3.63) is 29.8 Å². The highest BCUT2D eigenvalue weighted by molar-refractivity contribution is 5.32. The van der Waals surface area contributed by atoms with Gasteiger partial charge in [-0.2, -0.15) is 0 Å². The maximum atomic E-state index is 6.38. The highest BCUT2D eigenvalue weighted by Gasteiger charge is 2.30. The summed E-state index contributed by atoms with van der Waals surface area (Å²) in [5.41, 5.74) is 7.73. The molecule has 2 N–H and O–H groups in total. The normalized spacial score (nSPS) is 27.1. The van der Waals surface area contributed by atoms with E-state index in [4.69, 9.17) is 10.5 Å². The number of rotatable bonds is 4. The van der Waals surface area contributed by atoms with E-state index in [9.17, 15) is 0 Å². The van der Waals surface area contributed by atoms with Crippen LogP contribution in [0.2, 0.25) is 0 Å². The van der Waals surface area contributed by atoms with Crippen molar-refractivity contribution in [1.29, 1.82) is 0 Å². The number of ether oxygens (including phenoxy) is 1. The van der Waals surface area contributed by atoms with Crippen molar-refractivity contribution in [1.82, 2.24) is 0 Å². The third-order valence-electron chi connectivity index (χ3n) is 4.55. The number of benzene rings is 1. The SMILES string of the molecule is CC(C)Oc1cccc(C2CC(C(C)C)CCC2N)c1. The summed E-state index contributed by atoms with van der Waals surface area (Å²) in [6.45, 7) is 8.79. The fraction of sp³-hybridized carbons (Fsp3) is 0.667. The molecule has 3 unspecified atom stereocenters. The smallest absolute Gasteiger partial charge is 0.119 e. The van der Waals surface area contributed by atoms with E-state index >= 15 is 0 Å². The van der Waals surface area contributed by atoms with Crippen molar-refractivity contribution >= 4 is 0 Å². The van der Waals surface area contributed by atoms with Gasteiger partial charge in [0.2, 0.25) is 0 Å². The van der Waals surface area contributed by atoms with E-state index < -0.39 is 0 Å². The van der Waals surface area contributed by atoms with Crippen molar-refractivity contribution < 1.29 is 4.74 Å². The van der Waals surface area contributed by atoms with E-state index in [1.165, 1.54) is 18.4 Å². The average molecular weight is 275 g/mol. The molecule has 0 aromatic heterocycles. The van der Waals surface area contributed by atoms with Crippen LogP contribution < -0.4 is 10.5 Å². The third kappa shape index (κ3) is 3.76. The fourth-order valence-electron chi connectivity index (χ4n) is 3.31. The Labute approximate surface area is 123 Å². The molecule has 1 saturated carbocycles. The van der Waals surface area contributed by atoms with E-state index in [0.29, 0.717) is 12.0 Å². The molecule has 1 aliphatic rings. The van der Waals surface area contributed by atoms with Gasteiger partial charge in [0.1, 0.15) is 5.75 Å². The van der Waals surface area contributed by atoms with Gasteiger partial charge < -0.3 is 10.5 Å². The molecule has 1 aliphatic carbocycles. The van der Waals surface area contributed by atoms with Crippen LogP contribution in [0, 0.1) is 11.8 Å². The highest BCUT2D eigenvalue weighted by Crippen LogP contribution is 2.39. The monoisotopic (exact) mass is 275 g/mol. The quantitative estimate of drug-likeness (QED) is 0.887. The van der Waals surface area contributed by atoms with Gasteiger partial charge >= 0.3 is 0 Å². The largest absolute Gasteiger partial charge is 0.491 e. The van der Waals surface area contributed by atoms with Crippen LogP contribution in [0.3, 0.4) is 0 Å². The molecular formula is C18H29NO. The van der Waals surface area contributed by atoms with Crippen LogP contribution in [-0.4, -0.2) is 12.1 Å². The molecule has 2 rings (SSSR count). The molecule has 3 atom stereocenters. The van der Waals surface area contributed by atoms with Crippen molar-refractivity contribution in [3.8, 4) is 5.75 Å². The number of nitrogens with two attached hydrogens (primary N) is 1. The summed E-state index contributed by atoms with van der Waals surface area (Å²) in [6.07, 6.45) is 3.85. The van der Waals surface area contributed by atoms with Crippen LogP contribution >= 0.6 is 0 Å². The molecule has 0 saturated heterocycles. The maximum Gasteiger partial charge on any atom is 0.119 e. The molecule has 1 aromatic rings. The minimum atomic E-state index is 0.216. The predicted molar refractivity (Wildman–Crippen MR) is 85.1 cm³/mol. The Morgan fingerprint density at radius 3 is 2.55 bits per heavy atom. The van der Waals surface area contributed by atoms with E-state index in [2.05, 4.69) is 45.9 Å². The standard InChI is InChI=1S/C18H29NO/c1-12(2)14-8-9-18(19)17(11-14)15-6-5-7-16(10-15)20-13(3)4/h5-7,10,12-14,17-18H,8-9,11,19H2,1-4H3. The lowest BCUT2D eigenvalue weighted by Gasteiger charge is -2.36. The zero-order valence-corrected chi connectivity index (χ0v) is 13.3. The van der Waals surface area contributed by atoms with Gasteiger partial charge in [0.25, 0.3) is 0 Å². The van der Waals surface area contributed by atoms with Gasteiger partial charge in [-0.05, 0) is 68.6 Å². The van der Waals surface area contributed by atoms with Gasteiger partial charge in [0.15, 0.2) is 0 Å². The summed E-state index contributed by atoms with van der Waals surface area (Å²) in [6, 6.07) is 8.82. The van der Waals surface area contributed by atoms with Crippen LogP contribution in [0.4, 0.5) is 0 Å². The molecule has 2 nitrogen and oxygen atoms in total. The van der Waals surface area contributed by atoms with Gasteiger partial charge in [0.05, 0.1) is 6.10 Å². The molecule has 0 bridgehead atoms. The Kier molecular flexibility index (Phi) is 5.09. The average Bonchev–Trinajstić information content (AvgIpc) is 2.38. The Morgan fingerprint density at radius 2 is 1.90 bits per heavy atom. The summed E-state index contributed by atoms with van der Waals surface area (Å²) >= 11 is 0. The van der Waals surface area contributed by atoms with Crippen molar-refractivity contribution in [2.24, 2.45) is 17.6 Å². The number of hydrogen-bond acceptors (Lipinski definition) is 2. The number of hydrogen-bond donors (Lipinski definition) is 1. The third-order valence-corrected chi connectivity index (χ3v) is 4.55. The fourth-order valence-corrected chi connectivity index (χ4v) is 3.31. The molecule has 0 radical (unpaired) electrons. The maximum absolute atomic E-state index is 6.38. The first-order valence-electron chi connectivity index (χ1n) is 7.99. The molecule has 20 heavy (non-hydrogen) atoms. The van der Waals surface area contributed by atoms with E-state index in [0.717, 1.165) is 24.0 Å². The lowest BCUT2D eigenvalue weighted by molar-refractivity contribution is 0.229. The Morgan fingerprint density at radius 1 is 1.15 bits per heavy atom. The van der Waals surface area contributed by atoms with Crippen molar-refractivity contribution in [2.75, 3.05) is 0 Å². The van der Waals surface area contributed by atoms with Crippen molar-refractivity contribution in [3.63, 3.8) is 0 Å². The van der Waals surface area contributed by atoms with Gasteiger partial charge in [-0.3, -0.25) is 0 Å². The second kappa shape index (κ2) is 6.62. The molecule has 0 heterocycles. The van der Waals surface area contributed by atoms with Gasteiger partial charge in [-0.25, -0.2) is 0 Å². The van der Waals surface area contributed by atoms with E-state index in [1.807, 2.05) is 6.07 Å². The Hall–Kier alpha value is -1.02. The highest BCUT2D eigenvalue weighted by atomic mass is 16.5. The molecule has 2 heteroatoms. The van der Waals surface area contributed by atoms with Gasteiger partial charge in [-0.1, -0.05) is 26.0 Å². The second-order valence-electron chi connectivity index (χ2n) is 6.83. The van der Waals surface area contributed by atoms with Gasteiger partial charge in [0, 0.05) is 6.04 Å². The summed E-state index contributed by atoms with van der Waals surface area (Å²) in [7, 11) is 0. The molecule has 0 aliphatic heterocycles.